The van der Waals surface area contributed by atoms with Crippen LogP contribution >= 0.6 is 0 Å². The fourth-order valence-electron chi connectivity index (χ4n) is 2.25. The number of benzene rings is 1. The van der Waals surface area contributed by atoms with Crippen LogP contribution in [0.2, 0.25) is 0 Å². The highest BCUT2D eigenvalue weighted by Crippen LogP contribution is 2.36. The molecule has 1 aliphatic carbocycles. The van der Waals surface area contributed by atoms with E-state index < -0.39 is 20.6 Å². The van der Waals surface area contributed by atoms with Crippen molar-refractivity contribution in [2.45, 2.75) is 24.7 Å². The molecule has 8 heteroatoms. The van der Waals surface area contributed by atoms with Gasteiger partial charge in [-0.3, -0.25) is 10.1 Å². The fraction of sp³-hybridized carbons (Fsp3) is 0.538. The van der Waals surface area contributed by atoms with E-state index >= 15 is 0 Å². The average molecular weight is 313 g/mol. The lowest BCUT2D eigenvalue weighted by atomic mass is 10.3. The number of nitro benzene ring substituents is 1. The number of sulfonamides is 1. The third kappa shape index (κ3) is 3.16. The van der Waals surface area contributed by atoms with E-state index in [-0.39, 0.29) is 10.6 Å². The maximum Gasteiger partial charge on any atom is 0.312 e. The third-order valence-corrected chi connectivity index (χ3v) is 5.55. The summed E-state index contributed by atoms with van der Waals surface area (Å²) in [4.78, 5) is 10.4. The summed E-state index contributed by atoms with van der Waals surface area (Å²) >= 11 is 0. The molecule has 21 heavy (non-hydrogen) atoms. The first-order chi connectivity index (χ1) is 9.91. The largest absolute Gasteiger partial charge is 0.383 e. The van der Waals surface area contributed by atoms with Crippen molar-refractivity contribution < 1.29 is 13.3 Å². The first-order valence-electron chi connectivity index (χ1n) is 6.87. The van der Waals surface area contributed by atoms with Crippen molar-refractivity contribution >= 4 is 21.4 Å². The maximum absolute atomic E-state index is 12.7. The van der Waals surface area contributed by atoms with Crippen LogP contribution in [0.25, 0.3) is 0 Å². The topological polar surface area (TPSA) is 92.6 Å². The van der Waals surface area contributed by atoms with Gasteiger partial charge in [0.2, 0.25) is 10.0 Å². The van der Waals surface area contributed by atoms with E-state index in [4.69, 9.17) is 0 Å². The molecule has 2 rings (SSSR count). The van der Waals surface area contributed by atoms with E-state index in [2.05, 4.69) is 5.32 Å². The summed E-state index contributed by atoms with van der Waals surface area (Å²) in [5, 5.41) is 14.0. The van der Waals surface area contributed by atoms with Crippen LogP contribution in [0.5, 0.6) is 0 Å². The van der Waals surface area contributed by atoms with Gasteiger partial charge in [0.1, 0.15) is 5.69 Å². The second-order valence-corrected chi connectivity index (χ2v) is 6.96. The molecule has 0 spiro atoms. The minimum Gasteiger partial charge on any atom is -0.383 e. The van der Waals surface area contributed by atoms with Crippen LogP contribution < -0.4 is 5.32 Å². The molecule has 0 saturated heterocycles. The van der Waals surface area contributed by atoms with Crippen LogP contribution in [0.15, 0.2) is 23.1 Å². The molecular weight excluding hydrogens is 294 g/mol. The normalized spacial score (nSPS) is 15.2. The van der Waals surface area contributed by atoms with Crippen molar-refractivity contribution in [3.05, 3.63) is 28.3 Å². The monoisotopic (exact) mass is 313 g/mol. The first-order valence-corrected chi connectivity index (χ1v) is 8.31. The van der Waals surface area contributed by atoms with E-state index in [1.807, 2.05) is 0 Å². The lowest BCUT2D eigenvalue weighted by Gasteiger charge is -2.20. The number of nitrogens with zero attached hydrogens (tertiary/aromatic N) is 2. The summed E-state index contributed by atoms with van der Waals surface area (Å²) < 4.78 is 26.8. The Morgan fingerprint density at radius 2 is 2.10 bits per heavy atom. The zero-order chi connectivity index (χ0) is 15.6. The van der Waals surface area contributed by atoms with Crippen LogP contribution in [-0.4, -0.2) is 37.8 Å². The molecule has 1 N–H and O–H groups in total. The highest BCUT2D eigenvalue weighted by atomic mass is 32.2. The van der Waals surface area contributed by atoms with Gasteiger partial charge in [-0.2, -0.15) is 4.31 Å². The van der Waals surface area contributed by atoms with E-state index in [0.29, 0.717) is 19.0 Å². The van der Waals surface area contributed by atoms with Crippen LogP contribution in [0.1, 0.15) is 19.8 Å². The highest BCUT2D eigenvalue weighted by Gasteiger charge is 2.35. The van der Waals surface area contributed by atoms with Crippen molar-refractivity contribution in [1.29, 1.82) is 0 Å². The van der Waals surface area contributed by atoms with Crippen molar-refractivity contribution in [1.82, 2.24) is 4.31 Å². The Kier molecular flexibility index (Phi) is 4.48. The molecule has 7 nitrogen and oxygen atoms in total. The predicted molar refractivity (Wildman–Crippen MR) is 79.8 cm³/mol. The molecule has 1 aliphatic rings. The Labute approximate surface area is 124 Å². The second kappa shape index (κ2) is 5.98. The SMILES string of the molecule is CCN(CC1CC1)S(=O)(=O)c1cccc(NC)c1[N+](=O)[O-]. The van der Waals surface area contributed by atoms with Crippen LogP contribution in [0, 0.1) is 16.0 Å². The number of para-hydroxylation sites is 1. The van der Waals surface area contributed by atoms with Gasteiger partial charge < -0.3 is 5.32 Å². The molecule has 0 radical (unpaired) electrons. The summed E-state index contributed by atoms with van der Waals surface area (Å²) in [5.74, 6) is 0.381. The minimum absolute atomic E-state index is 0.198. The molecule has 0 bridgehead atoms. The predicted octanol–water partition coefficient (Wildman–Crippen LogP) is 2.06. The average Bonchev–Trinajstić information content (AvgIpc) is 3.27. The number of hydrogen-bond donors (Lipinski definition) is 1. The van der Waals surface area contributed by atoms with Crippen molar-refractivity contribution in [3.8, 4) is 0 Å². The Balaban J connectivity index is 2.49. The summed E-state index contributed by atoms with van der Waals surface area (Å²) in [7, 11) is -2.33. The molecular formula is C13H19N3O4S. The summed E-state index contributed by atoms with van der Waals surface area (Å²) in [6.07, 6.45) is 2.04. The molecule has 1 saturated carbocycles. The molecule has 0 unspecified atom stereocenters. The number of nitro groups is 1. The minimum atomic E-state index is -3.86. The van der Waals surface area contributed by atoms with Crippen molar-refractivity contribution in [2.75, 3.05) is 25.5 Å². The molecule has 0 aromatic heterocycles. The van der Waals surface area contributed by atoms with Crippen molar-refractivity contribution in [2.24, 2.45) is 5.92 Å². The van der Waals surface area contributed by atoms with Gasteiger partial charge >= 0.3 is 5.69 Å². The third-order valence-electron chi connectivity index (χ3n) is 3.58. The van der Waals surface area contributed by atoms with E-state index in [9.17, 15) is 18.5 Å². The standard InChI is InChI=1S/C13H19N3O4S/c1-3-15(9-10-7-8-10)21(19,20)12-6-4-5-11(14-2)13(12)16(17)18/h4-6,10,14H,3,7-9H2,1-2H3. The number of anilines is 1. The Bertz CT molecular complexity index is 641. The van der Waals surface area contributed by atoms with Gasteiger partial charge in [0.15, 0.2) is 4.90 Å². The van der Waals surface area contributed by atoms with Gasteiger partial charge in [-0.1, -0.05) is 13.0 Å². The molecule has 1 fully saturated rings. The summed E-state index contributed by atoms with van der Waals surface area (Å²) in [5.41, 5.74) is -0.196. The molecule has 0 atom stereocenters. The van der Waals surface area contributed by atoms with Crippen molar-refractivity contribution in [3.63, 3.8) is 0 Å². The number of nitrogens with one attached hydrogen (secondary N) is 1. The van der Waals surface area contributed by atoms with Gasteiger partial charge in [0, 0.05) is 20.1 Å². The zero-order valence-electron chi connectivity index (χ0n) is 12.1. The lowest BCUT2D eigenvalue weighted by molar-refractivity contribution is -0.386. The quantitative estimate of drug-likeness (QED) is 0.614. The van der Waals surface area contributed by atoms with Gasteiger partial charge in [-0.15, -0.1) is 0 Å². The zero-order valence-corrected chi connectivity index (χ0v) is 12.9. The molecule has 0 aliphatic heterocycles. The summed E-state index contributed by atoms with van der Waals surface area (Å²) in [6, 6.07) is 4.30. The first kappa shape index (κ1) is 15.7. The molecule has 1 aromatic rings. The Morgan fingerprint density at radius 1 is 1.43 bits per heavy atom. The molecule has 0 heterocycles. The van der Waals surface area contributed by atoms with Gasteiger partial charge in [0.25, 0.3) is 0 Å². The Morgan fingerprint density at radius 3 is 2.57 bits per heavy atom. The fourth-order valence-corrected chi connectivity index (χ4v) is 3.95. The van der Waals surface area contributed by atoms with E-state index in [1.165, 1.54) is 29.6 Å². The Hall–Kier alpha value is -1.67. The van der Waals surface area contributed by atoms with E-state index in [1.54, 1.807) is 6.92 Å². The summed E-state index contributed by atoms with van der Waals surface area (Å²) in [6.45, 7) is 2.48. The van der Waals surface area contributed by atoms with Gasteiger partial charge in [0.05, 0.1) is 4.92 Å². The van der Waals surface area contributed by atoms with Gasteiger partial charge in [-0.05, 0) is 30.9 Å². The molecule has 0 amide bonds. The smallest absolute Gasteiger partial charge is 0.312 e. The van der Waals surface area contributed by atoms with Gasteiger partial charge in [-0.25, -0.2) is 8.42 Å². The maximum atomic E-state index is 12.7. The second-order valence-electron chi connectivity index (χ2n) is 5.06. The van der Waals surface area contributed by atoms with E-state index in [0.717, 1.165) is 12.8 Å². The van der Waals surface area contributed by atoms with Crippen LogP contribution in [0.3, 0.4) is 0 Å². The molecule has 1 aromatic carbocycles. The van der Waals surface area contributed by atoms with Crippen LogP contribution in [-0.2, 0) is 10.0 Å². The highest BCUT2D eigenvalue weighted by molar-refractivity contribution is 7.89. The van der Waals surface area contributed by atoms with Crippen LogP contribution in [0.4, 0.5) is 11.4 Å². The number of rotatable bonds is 7. The molecule has 116 valence electrons. The number of hydrogen-bond acceptors (Lipinski definition) is 5. The lowest BCUT2D eigenvalue weighted by Crippen LogP contribution is -2.33.